The van der Waals surface area contributed by atoms with Crippen LogP contribution in [0.25, 0.3) is 6.08 Å². The Labute approximate surface area is 206 Å². The normalized spacial score (nSPS) is 10.6. The maximum atomic E-state index is 12.9. The Morgan fingerprint density at radius 2 is 1.53 bits per heavy atom. The predicted molar refractivity (Wildman–Crippen MR) is 135 cm³/mol. The van der Waals surface area contributed by atoms with Gasteiger partial charge in [-0.1, -0.05) is 12.1 Å². The van der Waals surface area contributed by atoms with Gasteiger partial charge in [0.15, 0.2) is 5.78 Å². The van der Waals surface area contributed by atoms with E-state index in [1.165, 1.54) is 20.3 Å². The number of ether oxygens (including phenoxy) is 4. The largest absolute Gasteiger partial charge is 0.497 e. The van der Waals surface area contributed by atoms with Crippen LogP contribution >= 0.6 is 15.9 Å². The van der Waals surface area contributed by atoms with Crippen molar-refractivity contribution in [3.8, 4) is 23.0 Å². The number of amides is 1. The Hall–Kier alpha value is -3.78. The predicted octanol–water partition coefficient (Wildman–Crippen LogP) is 5.63. The minimum atomic E-state index is -0.291. The van der Waals surface area contributed by atoms with E-state index in [1.54, 1.807) is 74.9 Å². The van der Waals surface area contributed by atoms with Crippen LogP contribution in [0.2, 0.25) is 0 Å². The number of carbonyl (C=O) groups is 2. The number of allylic oxidation sites excluding steroid dienone is 1. The smallest absolute Gasteiger partial charge is 0.255 e. The summed E-state index contributed by atoms with van der Waals surface area (Å²) in [4.78, 5) is 25.4. The van der Waals surface area contributed by atoms with E-state index in [2.05, 4.69) is 21.2 Å². The molecule has 0 spiro atoms. The first-order valence-corrected chi connectivity index (χ1v) is 11.0. The molecule has 1 amide bonds. The van der Waals surface area contributed by atoms with Crippen molar-refractivity contribution in [3.63, 3.8) is 0 Å². The van der Waals surface area contributed by atoms with Crippen molar-refractivity contribution in [1.82, 2.24) is 0 Å². The average Bonchev–Trinajstić information content (AvgIpc) is 2.87. The van der Waals surface area contributed by atoms with Crippen LogP contribution in [0.1, 0.15) is 26.3 Å². The number of nitrogens with one attached hydrogen (secondary N) is 1. The van der Waals surface area contributed by atoms with E-state index in [0.717, 1.165) is 0 Å². The van der Waals surface area contributed by atoms with Crippen LogP contribution in [0.3, 0.4) is 0 Å². The van der Waals surface area contributed by atoms with Crippen molar-refractivity contribution in [2.75, 3.05) is 33.8 Å². The number of rotatable bonds is 9. The number of halogens is 1. The lowest BCUT2D eigenvalue weighted by atomic mass is 10.1. The third-order valence-corrected chi connectivity index (χ3v) is 5.74. The zero-order chi connectivity index (χ0) is 24.7. The summed E-state index contributed by atoms with van der Waals surface area (Å²) in [5.74, 6) is 1.62. The van der Waals surface area contributed by atoms with Crippen molar-refractivity contribution in [2.24, 2.45) is 0 Å². The monoisotopic (exact) mass is 525 g/mol. The standard InChI is InChI=1S/C26H24BrNO6/c1-31-19-10-8-16(9-11-19)26(30)28-18-7-5-6-17(14-18)21(29)13-12-20-22(32-2)15-23(33-3)24(27)25(20)34-4/h5-15H,1-4H3,(H,28,30)/b13-12+. The topological polar surface area (TPSA) is 83.1 Å². The molecular weight excluding hydrogens is 502 g/mol. The maximum Gasteiger partial charge on any atom is 0.255 e. The Morgan fingerprint density at radius 1 is 0.824 bits per heavy atom. The molecule has 3 aromatic carbocycles. The lowest BCUT2D eigenvalue weighted by Gasteiger charge is -2.15. The molecule has 0 aliphatic rings. The summed E-state index contributed by atoms with van der Waals surface area (Å²) in [6, 6.07) is 15.2. The Bertz CT molecular complexity index is 1220. The fourth-order valence-corrected chi connectivity index (χ4v) is 3.88. The molecule has 176 valence electrons. The van der Waals surface area contributed by atoms with E-state index in [1.807, 2.05) is 0 Å². The highest BCUT2D eigenvalue weighted by molar-refractivity contribution is 9.10. The molecule has 0 aliphatic carbocycles. The van der Waals surface area contributed by atoms with E-state index in [4.69, 9.17) is 18.9 Å². The van der Waals surface area contributed by atoms with Gasteiger partial charge in [-0.3, -0.25) is 9.59 Å². The van der Waals surface area contributed by atoms with Crippen molar-refractivity contribution >= 4 is 39.4 Å². The minimum absolute atomic E-state index is 0.253. The lowest BCUT2D eigenvalue weighted by molar-refractivity contribution is 0.102. The van der Waals surface area contributed by atoms with Gasteiger partial charge in [0.2, 0.25) is 0 Å². The van der Waals surface area contributed by atoms with Gasteiger partial charge < -0.3 is 24.3 Å². The average molecular weight is 526 g/mol. The van der Waals surface area contributed by atoms with Crippen molar-refractivity contribution in [2.45, 2.75) is 0 Å². The number of hydrogen-bond acceptors (Lipinski definition) is 6. The highest BCUT2D eigenvalue weighted by Crippen LogP contribution is 2.43. The second-order valence-corrected chi connectivity index (χ2v) is 7.80. The van der Waals surface area contributed by atoms with Gasteiger partial charge in [-0.25, -0.2) is 0 Å². The van der Waals surface area contributed by atoms with Gasteiger partial charge in [-0.15, -0.1) is 0 Å². The third kappa shape index (κ3) is 5.58. The van der Waals surface area contributed by atoms with Crippen LogP contribution in [-0.2, 0) is 0 Å². The number of hydrogen-bond donors (Lipinski definition) is 1. The van der Waals surface area contributed by atoms with Crippen LogP contribution in [0, 0.1) is 0 Å². The summed E-state index contributed by atoms with van der Waals surface area (Å²) in [5.41, 5.74) is 1.97. The molecule has 0 bridgehead atoms. The van der Waals surface area contributed by atoms with Crippen LogP contribution in [-0.4, -0.2) is 40.1 Å². The number of carbonyl (C=O) groups excluding carboxylic acids is 2. The van der Waals surface area contributed by atoms with E-state index < -0.39 is 0 Å². The van der Waals surface area contributed by atoms with Crippen LogP contribution < -0.4 is 24.3 Å². The van der Waals surface area contributed by atoms with E-state index in [9.17, 15) is 9.59 Å². The first-order valence-electron chi connectivity index (χ1n) is 10.2. The van der Waals surface area contributed by atoms with Gasteiger partial charge >= 0.3 is 0 Å². The molecule has 8 heteroatoms. The molecule has 0 aliphatic heterocycles. The molecule has 0 radical (unpaired) electrons. The second kappa shape index (κ2) is 11.4. The van der Waals surface area contributed by atoms with Gasteiger partial charge in [0.1, 0.15) is 27.5 Å². The molecular formula is C26H24BrNO6. The molecule has 3 aromatic rings. The molecule has 3 rings (SSSR count). The van der Waals surface area contributed by atoms with Gasteiger partial charge in [0.25, 0.3) is 5.91 Å². The Kier molecular flexibility index (Phi) is 8.32. The molecule has 0 saturated heterocycles. The van der Waals surface area contributed by atoms with Crippen LogP contribution in [0.5, 0.6) is 23.0 Å². The van der Waals surface area contributed by atoms with E-state index in [-0.39, 0.29) is 11.7 Å². The highest BCUT2D eigenvalue weighted by atomic mass is 79.9. The molecule has 0 heterocycles. The lowest BCUT2D eigenvalue weighted by Crippen LogP contribution is -2.12. The molecule has 1 N–H and O–H groups in total. The maximum absolute atomic E-state index is 12.9. The molecule has 0 aromatic heterocycles. The van der Waals surface area contributed by atoms with E-state index in [0.29, 0.717) is 49.8 Å². The fraction of sp³-hybridized carbons (Fsp3) is 0.154. The summed E-state index contributed by atoms with van der Waals surface area (Å²) in [6.07, 6.45) is 3.04. The van der Waals surface area contributed by atoms with Crippen LogP contribution in [0.4, 0.5) is 5.69 Å². The quantitative estimate of drug-likeness (QED) is 0.288. The van der Waals surface area contributed by atoms with Gasteiger partial charge in [-0.05, 0) is 64.5 Å². The summed E-state index contributed by atoms with van der Waals surface area (Å²) in [6.45, 7) is 0. The first kappa shape index (κ1) is 24.9. The number of anilines is 1. The molecule has 0 atom stereocenters. The molecule has 7 nitrogen and oxygen atoms in total. The molecule has 0 unspecified atom stereocenters. The summed E-state index contributed by atoms with van der Waals surface area (Å²) in [7, 11) is 6.15. The van der Waals surface area contributed by atoms with E-state index >= 15 is 0 Å². The fourth-order valence-electron chi connectivity index (χ4n) is 3.23. The molecule has 0 saturated carbocycles. The van der Waals surface area contributed by atoms with Crippen LogP contribution in [0.15, 0.2) is 65.1 Å². The molecule has 0 fully saturated rings. The third-order valence-electron chi connectivity index (χ3n) is 4.99. The second-order valence-electron chi connectivity index (χ2n) is 7.00. The number of methoxy groups -OCH3 is 4. The number of ketones is 1. The van der Waals surface area contributed by atoms with Crippen molar-refractivity contribution in [3.05, 3.63) is 81.8 Å². The Balaban J connectivity index is 1.82. The van der Waals surface area contributed by atoms with Gasteiger partial charge in [-0.2, -0.15) is 0 Å². The highest BCUT2D eigenvalue weighted by Gasteiger charge is 2.17. The molecule has 34 heavy (non-hydrogen) atoms. The summed E-state index contributed by atoms with van der Waals surface area (Å²) >= 11 is 3.46. The number of benzene rings is 3. The zero-order valence-electron chi connectivity index (χ0n) is 19.2. The SMILES string of the molecule is COc1ccc(C(=O)Nc2cccc(C(=O)/C=C/c3c(OC)cc(OC)c(Br)c3OC)c2)cc1. The zero-order valence-corrected chi connectivity index (χ0v) is 20.8. The van der Waals surface area contributed by atoms with Gasteiger partial charge in [0, 0.05) is 22.9 Å². The summed E-state index contributed by atoms with van der Waals surface area (Å²) < 4.78 is 22.0. The van der Waals surface area contributed by atoms with Gasteiger partial charge in [0.05, 0.1) is 34.0 Å². The minimum Gasteiger partial charge on any atom is -0.497 e. The van der Waals surface area contributed by atoms with Crippen molar-refractivity contribution in [1.29, 1.82) is 0 Å². The first-order chi connectivity index (χ1) is 16.4. The Morgan fingerprint density at radius 3 is 2.15 bits per heavy atom. The van der Waals surface area contributed by atoms with Crippen molar-refractivity contribution < 1.29 is 28.5 Å². The summed E-state index contributed by atoms with van der Waals surface area (Å²) in [5, 5.41) is 2.81.